The van der Waals surface area contributed by atoms with Gasteiger partial charge in [-0.05, 0) is 46.5 Å². The van der Waals surface area contributed by atoms with Gasteiger partial charge in [-0.3, -0.25) is 0 Å². The highest BCUT2D eigenvalue weighted by Gasteiger charge is 2.31. The summed E-state index contributed by atoms with van der Waals surface area (Å²) in [7, 11) is 0. The third kappa shape index (κ3) is 5.33. The van der Waals surface area contributed by atoms with Gasteiger partial charge in [0.2, 0.25) is 0 Å². The highest BCUT2D eigenvalue weighted by atomic mass is 16.6. The summed E-state index contributed by atoms with van der Waals surface area (Å²) in [5.41, 5.74) is 0.714. The van der Waals surface area contributed by atoms with Gasteiger partial charge in [0.15, 0.2) is 0 Å². The van der Waals surface area contributed by atoms with Crippen molar-refractivity contribution < 1.29 is 9.53 Å². The fourth-order valence-corrected chi connectivity index (χ4v) is 2.43. The highest BCUT2D eigenvalue weighted by Crippen LogP contribution is 2.32. The molecule has 0 spiro atoms. The molecule has 2 rings (SSSR count). The Morgan fingerprint density at radius 3 is 2.82 bits per heavy atom. The molecule has 6 nitrogen and oxygen atoms in total. The first-order valence-electron chi connectivity index (χ1n) is 8.08. The standard InChI is InChI=1S/C16H28N4O2/c1-5-20-11-17-8-13(20)9-18-14(12-6-7-12)10-19-15(21)22-16(2,3)4/h8,11-12,14,18H,5-7,9-10H2,1-4H3,(H,19,21). The lowest BCUT2D eigenvalue weighted by atomic mass is 10.2. The van der Waals surface area contributed by atoms with E-state index < -0.39 is 5.60 Å². The number of alkyl carbamates (subject to hydrolysis) is 1. The zero-order valence-corrected chi connectivity index (χ0v) is 14.1. The van der Waals surface area contributed by atoms with Crippen molar-refractivity contribution in [2.45, 2.75) is 65.3 Å². The minimum absolute atomic E-state index is 0.285. The fraction of sp³-hybridized carbons (Fsp3) is 0.750. The molecule has 1 aliphatic carbocycles. The van der Waals surface area contributed by atoms with Crippen molar-refractivity contribution in [1.82, 2.24) is 20.2 Å². The Hall–Kier alpha value is -1.56. The lowest BCUT2D eigenvalue weighted by molar-refractivity contribution is 0.0521. The van der Waals surface area contributed by atoms with Crippen LogP contribution in [0.15, 0.2) is 12.5 Å². The number of aromatic nitrogens is 2. The van der Waals surface area contributed by atoms with Gasteiger partial charge in [0.05, 0.1) is 12.0 Å². The molecule has 0 aliphatic heterocycles. The maximum atomic E-state index is 11.8. The van der Waals surface area contributed by atoms with Crippen molar-refractivity contribution >= 4 is 6.09 Å². The molecule has 6 heteroatoms. The third-order valence-corrected chi connectivity index (χ3v) is 3.74. The van der Waals surface area contributed by atoms with Crippen molar-refractivity contribution in [2.75, 3.05) is 6.54 Å². The van der Waals surface area contributed by atoms with Crippen molar-refractivity contribution in [2.24, 2.45) is 5.92 Å². The van der Waals surface area contributed by atoms with Gasteiger partial charge >= 0.3 is 6.09 Å². The van der Waals surface area contributed by atoms with Crippen LogP contribution in [0.4, 0.5) is 4.79 Å². The van der Waals surface area contributed by atoms with Crippen LogP contribution in [0.25, 0.3) is 0 Å². The van der Waals surface area contributed by atoms with E-state index in [0.717, 1.165) is 13.1 Å². The van der Waals surface area contributed by atoms with Gasteiger partial charge in [-0.1, -0.05) is 0 Å². The SMILES string of the molecule is CCn1cncc1CNC(CNC(=O)OC(C)(C)C)C1CC1. The number of imidazole rings is 1. The molecular formula is C16H28N4O2. The molecule has 0 bridgehead atoms. The Bertz CT molecular complexity index is 489. The van der Waals surface area contributed by atoms with Gasteiger partial charge in [0.25, 0.3) is 0 Å². The number of hydrogen-bond donors (Lipinski definition) is 2. The number of amides is 1. The summed E-state index contributed by atoms with van der Waals surface area (Å²) in [4.78, 5) is 15.9. The number of ether oxygens (including phenoxy) is 1. The average Bonchev–Trinajstić information content (AvgIpc) is 3.15. The smallest absolute Gasteiger partial charge is 0.407 e. The largest absolute Gasteiger partial charge is 0.444 e. The normalized spacial score (nSPS) is 16.4. The first kappa shape index (κ1) is 16.8. The van der Waals surface area contributed by atoms with Crippen LogP contribution in [-0.2, 0) is 17.8 Å². The second kappa shape index (κ2) is 7.13. The Morgan fingerprint density at radius 1 is 1.50 bits per heavy atom. The molecule has 1 fully saturated rings. The molecule has 1 unspecified atom stereocenters. The van der Waals surface area contributed by atoms with E-state index in [2.05, 4.69) is 27.1 Å². The van der Waals surface area contributed by atoms with Crippen LogP contribution in [-0.4, -0.2) is 33.8 Å². The van der Waals surface area contributed by atoms with E-state index >= 15 is 0 Å². The Balaban J connectivity index is 1.79. The van der Waals surface area contributed by atoms with Crippen LogP contribution in [0.2, 0.25) is 0 Å². The zero-order chi connectivity index (χ0) is 16.2. The van der Waals surface area contributed by atoms with E-state index in [0.29, 0.717) is 12.5 Å². The summed E-state index contributed by atoms with van der Waals surface area (Å²) in [5.74, 6) is 0.646. The van der Waals surface area contributed by atoms with Crippen LogP contribution in [0, 0.1) is 5.92 Å². The van der Waals surface area contributed by atoms with Gasteiger partial charge in [-0.15, -0.1) is 0 Å². The second-order valence-electron chi connectivity index (χ2n) is 6.88. The molecule has 2 N–H and O–H groups in total. The quantitative estimate of drug-likeness (QED) is 0.811. The van der Waals surface area contributed by atoms with Crippen LogP contribution in [0.3, 0.4) is 0 Å². The Labute approximate surface area is 132 Å². The average molecular weight is 308 g/mol. The number of carbonyl (C=O) groups is 1. The van der Waals surface area contributed by atoms with Crippen molar-refractivity contribution in [3.63, 3.8) is 0 Å². The van der Waals surface area contributed by atoms with Crippen LogP contribution >= 0.6 is 0 Å². The van der Waals surface area contributed by atoms with Crippen LogP contribution in [0.5, 0.6) is 0 Å². The zero-order valence-electron chi connectivity index (χ0n) is 14.1. The van der Waals surface area contributed by atoms with Crippen molar-refractivity contribution in [3.8, 4) is 0 Å². The fourth-order valence-electron chi connectivity index (χ4n) is 2.43. The maximum absolute atomic E-state index is 11.8. The molecule has 0 radical (unpaired) electrons. The van der Waals surface area contributed by atoms with Crippen LogP contribution in [0.1, 0.15) is 46.2 Å². The summed E-state index contributed by atoms with van der Waals surface area (Å²) in [6, 6.07) is 0.285. The molecule has 1 aliphatic rings. The molecule has 1 saturated carbocycles. The molecule has 22 heavy (non-hydrogen) atoms. The number of nitrogens with zero attached hydrogens (tertiary/aromatic N) is 2. The summed E-state index contributed by atoms with van der Waals surface area (Å²) in [6.07, 6.45) is 5.84. The van der Waals surface area contributed by atoms with E-state index in [1.54, 1.807) is 0 Å². The predicted molar refractivity (Wildman–Crippen MR) is 85.5 cm³/mol. The summed E-state index contributed by atoms with van der Waals surface area (Å²) in [5, 5.41) is 6.42. The monoisotopic (exact) mass is 308 g/mol. The first-order chi connectivity index (χ1) is 10.4. The molecule has 124 valence electrons. The van der Waals surface area contributed by atoms with E-state index in [-0.39, 0.29) is 12.1 Å². The minimum atomic E-state index is -0.458. The molecular weight excluding hydrogens is 280 g/mol. The number of aryl methyl sites for hydroxylation is 1. The van der Waals surface area contributed by atoms with Gasteiger partial charge < -0.3 is 19.9 Å². The van der Waals surface area contributed by atoms with E-state index in [1.165, 1.54) is 18.5 Å². The third-order valence-electron chi connectivity index (χ3n) is 3.74. The van der Waals surface area contributed by atoms with Gasteiger partial charge in [0, 0.05) is 31.9 Å². The van der Waals surface area contributed by atoms with Crippen molar-refractivity contribution in [3.05, 3.63) is 18.2 Å². The highest BCUT2D eigenvalue weighted by molar-refractivity contribution is 5.67. The number of carbonyl (C=O) groups excluding carboxylic acids is 1. The lowest BCUT2D eigenvalue weighted by Gasteiger charge is -2.22. The van der Waals surface area contributed by atoms with E-state index in [9.17, 15) is 4.79 Å². The van der Waals surface area contributed by atoms with Crippen LogP contribution < -0.4 is 10.6 Å². The predicted octanol–water partition coefficient (Wildman–Crippen LogP) is 2.30. The molecule has 0 saturated heterocycles. The molecule has 1 aromatic heterocycles. The first-order valence-corrected chi connectivity index (χ1v) is 8.08. The van der Waals surface area contributed by atoms with Gasteiger partial charge in [-0.25, -0.2) is 9.78 Å². The van der Waals surface area contributed by atoms with E-state index in [4.69, 9.17) is 4.74 Å². The lowest BCUT2D eigenvalue weighted by Crippen LogP contribution is -2.43. The van der Waals surface area contributed by atoms with Crippen molar-refractivity contribution in [1.29, 1.82) is 0 Å². The van der Waals surface area contributed by atoms with Gasteiger partial charge in [-0.2, -0.15) is 0 Å². The van der Waals surface area contributed by atoms with E-state index in [1.807, 2.05) is 33.3 Å². The molecule has 1 aromatic rings. The molecule has 1 atom stereocenters. The second-order valence-corrected chi connectivity index (χ2v) is 6.88. The molecule has 1 amide bonds. The summed E-state index contributed by atoms with van der Waals surface area (Å²) < 4.78 is 7.41. The Kier molecular flexibility index (Phi) is 5.45. The summed E-state index contributed by atoms with van der Waals surface area (Å²) in [6.45, 7) is 10.00. The maximum Gasteiger partial charge on any atom is 0.407 e. The topological polar surface area (TPSA) is 68.2 Å². The molecule has 1 heterocycles. The Morgan fingerprint density at radius 2 is 2.23 bits per heavy atom. The number of nitrogens with one attached hydrogen (secondary N) is 2. The number of rotatable bonds is 7. The minimum Gasteiger partial charge on any atom is -0.444 e. The summed E-state index contributed by atoms with van der Waals surface area (Å²) >= 11 is 0. The van der Waals surface area contributed by atoms with Gasteiger partial charge in [0.1, 0.15) is 5.60 Å². The number of hydrogen-bond acceptors (Lipinski definition) is 4. The molecule has 0 aromatic carbocycles.